The highest BCUT2D eigenvalue weighted by Crippen LogP contribution is 2.26. The van der Waals surface area contributed by atoms with Crippen LogP contribution < -0.4 is 20.4 Å². The van der Waals surface area contributed by atoms with Crippen LogP contribution in [0, 0.1) is 5.92 Å². The molecule has 2 fully saturated rings. The van der Waals surface area contributed by atoms with Crippen molar-refractivity contribution in [1.29, 1.82) is 0 Å². The molecule has 2 aliphatic rings. The van der Waals surface area contributed by atoms with E-state index in [-0.39, 0.29) is 0 Å². The van der Waals surface area contributed by atoms with Gasteiger partial charge in [-0.2, -0.15) is 9.97 Å². The third-order valence-corrected chi connectivity index (χ3v) is 6.25. The molecule has 1 atom stereocenters. The molecule has 1 aromatic heterocycles. The van der Waals surface area contributed by atoms with Gasteiger partial charge < -0.3 is 25.2 Å². The molecule has 2 aliphatic heterocycles. The van der Waals surface area contributed by atoms with E-state index < -0.39 is 0 Å². The predicted molar refractivity (Wildman–Crippen MR) is 130 cm³/mol. The van der Waals surface area contributed by atoms with Crippen molar-refractivity contribution in [2.75, 3.05) is 54.5 Å². The Labute approximate surface area is 194 Å². The minimum atomic E-state index is 0.469. The summed E-state index contributed by atoms with van der Waals surface area (Å²) in [6, 6.07) is 9.81. The summed E-state index contributed by atoms with van der Waals surface area (Å²) in [6.07, 6.45) is 2.44. The van der Waals surface area contributed by atoms with Gasteiger partial charge in [-0.3, -0.25) is 0 Å². The van der Waals surface area contributed by atoms with Crippen LogP contribution in [0.2, 0.25) is 5.02 Å². The van der Waals surface area contributed by atoms with Crippen LogP contribution in [0.1, 0.15) is 25.3 Å². The van der Waals surface area contributed by atoms with Crippen molar-refractivity contribution in [3.63, 3.8) is 0 Å². The van der Waals surface area contributed by atoms with Gasteiger partial charge in [-0.05, 0) is 42.6 Å². The first kappa shape index (κ1) is 22.0. The molecule has 0 spiro atoms. The number of halogens is 1. The van der Waals surface area contributed by atoms with Crippen molar-refractivity contribution in [2.45, 2.75) is 26.3 Å². The van der Waals surface area contributed by atoms with Gasteiger partial charge in [0.1, 0.15) is 11.6 Å². The zero-order valence-corrected chi connectivity index (χ0v) is 19.4. The number of morpholine rings is 1. The van der Waals surface area contributed by atoms with Gasteiger partial charge in [0.25, 0.3) is 0 Å². The summed E-state index contributed by atoms with van der Waals surface area (Å²) < 4.78 is 5.51. The quantitative estimate of drug-likeness (QED) is 0.655. The van der Waals surface area contributed by atoms with Crippen LogP contribution in [0.3, 0.4) is 0 Å². The topological polar surface area (TPSA) is 65.6 Å². The molecule has 0 unspecified atom stereocenters. The highest BCUT2D eigenvalue weighted by molar-refractivity contribution is 7.80. The van der Waals surface area contributed by atoms with Crippen LogP contribution in [0.25, 0.3) is 0 Å². The molecule has 4 rings (SSSR count). The van der Waals surface area contributed by atoms with Crippen molar-refractivity contribution in [3.8, 4) is 0 Å². The Morgan fingerprint density at radius 2 is 1.90 bits per heavy atom. The van der Waals surface area contributed by atoms with Crippen LogP contribution in [0.5, 0.6) is 0 Å². The molecule has 2 N–H and O–H groups in total. The van der Waals surface area contributed by atoms with Crippen LogP contribution in [0.15, 0.2) is 30.3 Å². The molecule has 0 amide bonds. The van der Waals surface area contributed by atoms with E-state index in [0.29, 0.717) is 41.8 Å². The Morgan fingerprint density at radius 1 is 1.16 bits per heavy atom. The molecule has 31 heavy (non-hydrogen) atoms. The van der Waals surface area contributed by atoms with Crippen LogP contribution in [-0.4, -0.2) is 54.5 Å². The van der Waals surface area contributed by atoms with Crippen molar-refractivity contribution >= 4 is 46.5 Å². The van der Waals surface area contributed by atoms with Crippen molar-refractivity contribution < 1.29 is 4.74 Å². The van der Waals surface area contributed by atoms with E-state index in [1.807, 2.05) is 24.3 Å². The van der Waals surface area contributed by atoms with E-state index in [0.717, 1.165) is 43.4 Å². The normalized spacial score (nSPS) is 19.2. The van der Waals surface area contributed by atoms with Gasteiger partial charge in [0, 0.05) is 43.8 Å². The highest BCUT2D eigenvalue weighted by atomic mass is 35.5. The van der Waals surface area contributed by atoms with E-state index in [9.17, 15) is 0 Å². The summed E-state index contributed by atoms with van der Waals surface area (Å²) in [5.41, 5.74) is 0.985. The number of aromatic nitrogens is 2. The second kappa shape index (κ2) is 10.4. The fourth-order valence-corrected chi connectivity index (χ4v) is 4.32. The monoisotopic (exact) mass is 460 g/mol. The maximum Gasteiger partial charge on any atom is 0.232 e. The van der Waals surface area contributed by atoms with Crippen LogP contribution >= 0.6 is 23.8 Å². The number of nitrogens with zero attached hydrogens (tertiary/aromatic N) is 4. The van der Waals surface area contributed by atoms with Gasteiger partial charge in [-0.25, -0.2) is 0 Å². The zero-order chi connectivity index (χ0) is 21.6. The van der Waals surface area contributed by atoms with Crippen molar-refractivity contribution in [3.05, 3.63) is 40.9 Å². The number of rotatable bonds is 5. The number of hydrogen-bond donors (Lipinski definition) is 2. The van der Waals surface area contributed by atoms with E-state index in [2.05, 4.69) is 33.4 Å². The predicted octanol–water partition coefficient (Wildman–Crippen LogP) is 3.69. The smallest absolute Gasteiger partial charge is 0.232 e. The minimum absolute atomic E-state index is 0.469. The SMILES string of the molecule is C[C@H]1CCCN(c2cc(N3CCOCC3)nc(NC(=S)NCc3ccccc3Cl)n2)C1. The number of thiocarbonyl (C=S) groups is 1. The maximum absolute atomic E-state index is 6.24. The second-order valence-corrected chi connectivity index (χ2v) is 8.92. The van der Waals surface area contributed by atoms with E-state index >= 15 is 0 Å². The average Bonchev–Trinajstić information content (AvgIpc) is 2.79. The first-order valence-electron chi connectivity index (χ1n) is 10.8. The van der Waals surface area contributed by atoms with Gasteiger partial charge in [0.2, 0.25) is 5.95 Å². The summed E-state index contributed by atoms with van der Waals surface area (Å²) in [7, 11) is 0. The lowest BCUT2D eigenvalue weighted by molar-refractivity contribution is 0.122. The Hall–Kier alpha value is -2.16. The van der Waals surface area contributed by atoms with Gasteiger partial charge in [0.05, 0.1) is 13.2 Å². The second-order valence-electron chi connectivity index (χ2n) is 8.10. The Kier molecular flexibility index (Phi) is 7.42. The number of nitrogens with one attached hydrogen (secondary N) is 2. The van der Waals surface area contributed by atoms with Crippen LogP contribution in [0.4, 0.5) is 17.6 Å². The Balaban J connectivity index is 1.50. The molecule has 0 saturated carbocycles. The van der Waals surface area contributed by atoms with Gasteiger partial charge in [-0.1, -0.05) is 36.7 Å². The number of anilines is 3. The number of benzene rings is 1. The molecule has 7 nitrogen and oxygen atoms in total. The molecule has 3 heterocycles. The standard InChI is InChI=1S/C22H29ClN6OS/c1-16-5-4-8-29(15-16)20-13-19(28-9-11-30-12-10-28)25-21(26-20)27-22(31)24-14-17-6-2-3-7-18(17)23/h2-3,6-7,13,16H,4-5,8-12,14-15H2,1H3,(H2,24,25,26,27,31)/t16-/m0/s1. The number of ether oxygens (including phenoxy) is 1. The molecule has 2 aromatic rings. The molecule has 0 aliphatic carbocycles. The highest BCUT2D eigenvalue weighted by Gasteiger charge is 2.21. The largest absolute Gasteiger partial charge is 0.378 e. The third-order valence-electron chi connectivity index (χ3n) is 5.64. The lowest BCUT2D eigenvalue weighted by atomic mass is 10.0. The number of hydrogen-bond acceptors (Lipinski definition) is 6. The molecule has 0 bridgehead atoms. The van der Waals surface area contributed by atoms with E-state index in [1.165, 1.54) is 12.8 Å². The average molecular weight is 461 g/mol. The lowest BCUT2D eigenvalue weighted by Gasteiger charge is -2.33. The molecule has 0 radical (unpaired) electrons. The Morgan fingerprint density at radius 3 is 2.65 bits per heavy atom. The van der Waals surface area contributed by atoms with Gasteiger partial charge >= 0.3 is 0 Å². The fourth-order valence-electron chi connectivity index (χ4n) is 3.95. The van der Waals surface area contributed by atoms with E-state index in [4.69, 9.17) is 38.5 Å². The van der Waals surface area contributed by atoms with E-state index in [1.54, 1.807) is 0 Å². The van der Waals surface area contributed by atoms with Gasteiger partial charge in [0.15, 0.2) is 5.11 Å². The molecule has 2 saturated heterocycles. The molecular weight excluding hydrogens is 432 g/mol. The first-order valence-corrected chi connectivity index (χ1v) is 11.6. The van der Waals surface area contributed by atoms with Crippen molar-refractivity contribution in [1.82, 2.24) is 15.3 Å². The third kappa shape index (κ3) is 5.96. The maximum atomic E-state index is 6.24. The summed E-state index contributed by atoms with van der Waals surface area (Å²) >= 11 is 11.7. The zero-order valence-electron chi connectivity index (χ0n) is 17.8. The van der Waals surface area contributed by atoms with Gasteiger partial charge in [-0.15, -0.1) is 0 Å². The fraction of sp³-hybridized carbons (Fsp3) is 0.500. The molecule has 166 valence electrons. The lowest BCUT2D eigenvalue weighted by Crippen LogP contribution is -2.38. The molecular formula is C22H29ClN6OS. The summed E-state index contributed by atoms with van der Waals surface area (Å²) in [4.78, 5) is 14.1. The first-order chi connectivity index (χ1) is 15.1. The van der Waals surface area contributed by atoms with Crippen LogP contribution in [-0.2, 0) is 11.3 Å². The summed E-state index contributed by atoms with van der Waals surface area (Å²) in [6.45, 7) is 7.91. The molecule has 9 heteroatoms. The number of piperidine rings is 1. The van der Waals surface area contributed by atoms with Crippen molar-refractivity contribution in [2.24, 2.45) is 5.92 Å². The molecule has 1 aromatic carbocycles. The summed E-state index contributed by atoms with van der Waals surface area (Å²) in [5.74, 6) is 3.02. The summed E-state index contributed by atoms with van der Waals surface area (Å²) in [5, 5.41) is 7.56. The Bertz CT molecular complexity index is 907. The minimum Gasteiger partial charge on any atom is -0.378 e.